The number of carbonyl (C=O) groups is 2. The van der Waals surface area contributed by atoms with Gasteiger partial charge in [-0.1, -0.05) is 123 Å². The lowest BCUT2D eigenvalue weighted by Gasteiger charge is -2.38. The first-order chi connectivity index (χ1) is 31.4. The Morgan fingerprint density at radius 1 is 0.420 bits per heavy atom. The second-order valence-corrected chi connectivity index (χ2v) is 31.0. The molecule has 0 aromatic heterocycles. The van der Waals surface area contributed by atoms with Crippen molar-refractivity contribution in [2.24, 2.45) is 37.9 Å². The summed E-state index contributed by atoms with van der Waals surface area (Å²) in [6, 6.07) is 1.07. The van der Waals surface area contributed by atoms with Gasteiger partial charge in [0.2, 0.25) is 5.91 Å². The van der Waals surface area contributed by atoms with Gasteiger partial charge in [0.1, 0.15) is 9.84 Å². The normalized spacial score (nSPS) is 25.9. The zero-order valence-electron chi connectivity index (χ0n) is 49.8. The highest BCUT2D eigenvalue weighted by molar-refractivity contribution is 7.91. The van der Waals surface area contributed by atoms with Gasteiger partial charge in [0.05, 0.1) is 11.5 Å². The fourth-order valence-electron chi connectivity index (χ4n) is 9.43. The number of amides is 3. The lowest BCUT2D eigenvalue weighted by Crippen LogP contribution is -2.47. The Hall–Kier alpha value is -1.39. The molecule has 0 unspecified atom stereocenters. The number of carbonyl (C=O) groups excluding carboxylic acids is 2. The molecule has 7 fully saturated rings. The monoisotopic (exact) mass is 994 g/mol. The van der Waals surface area contributed by atoms with Gasteiger partial charge in [0.15, 0.2) is 0 Å². The van der Waals surface area contributed by atoms with Gasteiger partial charge in [0.25, 0.3) is 0 Å². The van der Waals surface area contributed by atoms with Gasteiger partial charge in [-0.2, -0.15) is 0 Å². The van der Waals surface area contributed by atoms with E-state index in [1.165, 1.54) is 103 Å². The number of piperidine rings is 4. The molecule has 7 aliphatic rings. The molecule has 0 aromatic carbocycles. The first-order valence-electron chi connectivity index (χ1n) is 28.3. The number of nitrogens with one attached hydrogen (secondary N) is 1. The smallest absolute Gasteiger partial charge is 0.317 e. The fraction of sp³-hybridized carbons (Fsp3) is 0.966. The van der Waals surface area contributed by atoms with Gasteiger partial charge in [-0.15, -0.1) is 0 Å². The summed E-state index contributed by atoms with van der Waals surface area (Å²) in [5.41, 5.74) is 3.74. The minimum Gasteiger partial charge on any atom is -0.343 e. The maximum Gasteiger partial charge on any atom is 0.317 e. The first-order valence-corrected chi connectivity index (χ1v) is 30.1. The molecule has 0 bridgehead atoms. The Labute approximate surface area is 430 Å². The molecular weight excluding hydrogens is 875 g/mol. The summed E-state index contributed by atoms with van der Waals surface area (Å²) >= 11 is 0. The van der Waals surface area contributed by atoms with Crippen molar-refractivity contribution in [3.63, 3.8) is 0 Å². The fourth-order valence-corrected chi connectivity index (χ4v) is 11.4. The molecule has 0 radical (unpaired) electrons. The van der Waals surface area contributed by atoms with E-state index in [1.807, 2.05) is 23.6 Å². The van der Waals surface area contributed by atoms with Crippen molar-refractivity contribution in [1.29, 1.82) is 0 Å². The number of urea groups is 1. The highest BCUT2D eigenvalue weighted by Crippen LogP contribution is 2.39. The Kier molecular flexibility index (Phi) is 27.5. The Morgan fingerprint density at radius 2 is 0.725 bits per heavy atom. The summed E-state index contributed by atoms with van der Waals surface area (Å²) in [5.74, 6) is 1.00. The van der Waals surface area contributed by atoms with Crippen molar-refractivity contribution < 1.29 is 18.0 Å². The summed E-state index contributed by atoms with van der Waals surface area (Å²) in [6.07, 6.45) is 23.3. The van der Waals surface area contributed by atoms with Crippen molar-refractivity contribution in [2.75, 3.05) is 70.9 Å². The van der Waals surface area contributed by atoms with Crippen LogP contribution in [0.15, 0.2) is 0 Å². The number of sulfone groups is 1. The highest BCUT2D eigenvalue weighted by atomic mass is 32.2. The van der Waals surface area contributed by atoms with Crippen LogP contribution in [0.2, 0.25) is 0 Å². The van der Waals surface area contributed by atoms with E-state index < -0.39 is 9.84 Å². The van der Waals surface area contributed by atoms with Crippen LogP contribution in [0.25, 0.3) is 0 Å². The van der Waals surface area contributed by atoms with Gasteiger partial charge >= 0.3 is 6.03 Å². The van der Waals surface area contributed by atoms with Crippen molar-refractivity contribution in [3.8, 4) is 0 Å². The number of nitrogens with zero attached hydrogens (tertiary/aromatic N) is 4. The zero-order valence-corrected chi connectivity index (χ0v) is 50.6. The van der Waals surface area contributed by atoms with Crippen molar-refractivity contribution in [3.05, 3.63) is 0 Å². The van der Waals surface area contributed by atoms with E-state index in [1.54, 1.807) is 6.92 Å². The van der Waals surface area contributed by atoms with Crippen LogP contribution in [0, 0.1) is 37.9 Å². The molecule has 9 nitrogen and oxygen atoms in total. The number of rotatable bonds is 2. The van der Waals surface area contributed by atoms with Crippen LogP contribution >= 0.6 is 0 Å². The number of likely N-dealkylation sites (tertiary alicyclic amines) is 4. The van der Waals surface area contributed by atoms with Crippen LogP contribution in [0.1, 0.15) is 247 Å². The minimum absolute atomic E-state index is 0.0931. The zero-order chi connectivity index (χ0) is 53.1. The van der Waals surface area contributed by atoms with E-state index in [4.69, 9.17) is 0 Å². The van der Waals surface area contributed by atoms with Crippen LogP contribution in [0.3, 0.4) is 0 Å². The molecule has 5 saturated heterocycles. The van der Waals surface area contributed by atoms with Crippen LogP contribution < -0.4 is 5.32 Å². The summed E-state index contributed by atoms with van der Waals surface area (Å²) in [7, 11) is -0.450. The van der Waals surface area contributed by atoms with E-state index in [0.29, 0.717) is 38.6 Å². The molecule has 0 spiro atoms. The SMILES string of the molecule is CC(=O)N1CCC(C)(C)CC1.CC(C)N1CCC(C)(C)CC1.CC(C)NC(=O)N1CCC(C)(C)CC1.CC1(C)CCC1.CC1(C)CCCCC1.CC1(C)CCS(=O)(=O)CC1.CN1CCC(C)(C)CC1. The average molecular weight is 995 g/mol. The van der Waals surface area contributed by atoms with Gasteiger partial charge in [-0.25, -0.2) is 13.2 Å². The van der Waals surface area contributed by atoms with Crippen molar-refractivity contribution in [2.45, 2.75) is 259 Å². The third-order valence-corrected chi connectivity index (χ3v) is 18.3. The molecule has 5 aliphatic heterocycles. The Balaban J connectivity index is 0.000000407. The number of hydrogen-bond donors (Lipinski definition) is 1. The Bertz CT molecular complexity index is 1510. The van der Waals surface area contributed by atoms with E-state index in [9.17, 15) is 18.0 Å². The van der Waals surface area contributed by atoms with Crippen LogP contribution in [-0.2, 0) is 14.6 Å². The summed E-state index contributed by atoms with van der Waals surface area (Å²) < 4.78 is 21.9. The summed E-state index contributed by atoms with van der Waals surface area (Å²) in [6.45, 7) is 51.3. The summed E-state index contributed by atoms with van der Waals surface area (Å²) in [5, 5.41) is 2.93. The largest absolute Gasteiger partial charge is 0.343 e. The molecule has 69 heavy (non-hydrogen) atoms. The van der Waals surface area contributed by atoms with Gasteiger partial charge < -0.3 is 24.9 Å². The van der Waals surface area contributed by atoms with Gasteiger partial charge in [-0.05, 0) is 189 Å². The van der Waals surface area contributed by atoms with E-state index in [2.05, 4.69) is 133 Å². The average Bonchev–Trinajstić information content (AvgIpc) is 3.21. The second-order valence-electron chi connectivity index (χ2n) is 28.7. The topological polar surface area (TPSA) is 93.3 Å². The maximum atomic E-state index is 11.6. The second kappa shape index (κ2) is 28.9. The molecule has 7 rings (SSSR count). The molecule has 410 valence electrons. The van der Waals surface area contributed by atoms with E-state index >= 15 is 0 Å². The van der Waals surface area contributed by atoms with E-state index in [-0.39, 0.29) is 23.4 Å². The predicted molar refractivity (Wildman–Crippen MR) is 300 cm³/mol. The minimum atomic E-state index is -2.65. The quantitative estimate of drug-likeness (QED) is 0.296. The molecular formula is C59H119N5O4S. The first kappa shape index (κ1) is 65.6. The molecule has 0 aromatic rings. The third-order valence-electron chi connectivity index (χ3n) is 16.7. The van der Waals surface area contributed by atoms with Crippen LogP contribution in [0.5, 0.6) is 0 Å². The maximum absolute atomic E-state index is 11.6. The lowest BCUT2D eigenvalue weighted by molar-refractivity contribution is -0.130. The number of hydrogen-bond acceptors (Lipinski definition) is 6. The molecule has 3 amide bonds. The van der Waals surface area contributed by atoms with Crippen molar-refractivity contribution >= 4 is 21.8 Å². The van der Waals surface area contributed by atoms with Crippen molar-refractivity contribution in [1.82, 2.24) is 24.9 Å². The van der Waals surface area contributed by atoms with Gasteiger partial charge in [-0.3, -0.25) is 4.79 Å². The van der Waals surface area contributed by atoms with Gasteiger partial charge in [0, 0.05) is 45.2 Å². The van der Waals surface area contributed by atoms with E-state index in [0.717, 1.165) is 76.2 Å². The lowest BCUT2D eigenvalue weighted by atomic mass is 9.72. The molecule has 2 saturated carbocycles. The molecule has 0 atom stereocenters. The summed E-state index contributed by atoms with van der Waals surface area (Å²) in [4.78, 5) is 31.4. The highest BCUT2D eigenvalue weighted by Gasteiger charge is 2.31. The van der Waals surface area contributed by atoms with Crippen LogP contribution in [0.4, 0.5) is 4.79 Å². The molecule has 10 heteroatoms. The standard InChI is InChI=1S/C11H22N2O.C10H21N.C9H17NO.C8H17N.C8H16.C7H14O2S.C6H12/c1-9(2)12-10(14)13-7-5-11(3,4)6-8-13;1-9(2)11-7-5-10(3,4)6-8-11;1-8(11)10-6-4-9(2,3)5-7-10;1-8(2)4-6-9(3)7-5-8;1-8(2)6-4-3-5-7-8;1-7(2)3-5-10(8,9)6-4-7;1-6(2)4-3-5-6/h9H,5-8H2,1-4H3,(H,12,14);9H,5-8H2,1-4H3;4-7H2,1-3H3;4-7H2,1-3H3;3-7H2,1-2H3;3-6H2,1-2H3;3-5H2,1-2H3. The molecule has 1 N–H and O–H groups in total. The van der Waals surface area contributed by atoms with Crippen LogP contribution in [-0.4, -0.2) is 123 Å². The Morgan fingerprint density at radius 3 is 0.986 bits per heavy atom. The third kappa shape index (κ3) is 31.1. The molecule has 2 aliphatic carbocycles. The predicted octanol–water partition coefficient (Wildman–Crippen LogP) is 14.5. The molecule has 5 heterocycles.